The highest BCUT2D eigenvalue weighted by Crippen LogP contribution is 2.35. The second-order valence-corrected chi connectivity index (χ2v) is 7.25. The van der Waals surface area contributed by atoms with E-state index in [0.717, 1.165) is 4.70 Å². The van der Waals surface area contributed by atoms with Crippen molar-refractivity contribution in [1.29, 1.82) is 0 Å². The van der Waals surface area contributed by atoms with Crippen molar-refractivity contribution in [3.05, 3.63) is 51.6 Å². The number of halogens is 1. The minimum atomic E-state index is -0.366. The van der Waals surface area contributed by atoms with Crippen LogP contribution in [0, 0.1) is 0 Å². The molecule has 2 N–H and O–H groups in total. The van der Waals surface area contributed by atoms with E-state index in [1.165, 1.54) is 16.2 Å². The van der Waals surface area contributed by atoms with Gasteiger partial charge in [0, 0.05) is 23.2 Å². The second kappa shape index (κ2) is 8.67. The molecule has 0 radical (unpaired) electrons. The molecule has 6 nitrogen and oxygen atoms in total. The molecule has 0 unspecified atom stereocenters. The zero-order valence-electron chi connectivity index (χ0n) is 14.4. The molecule has 2 aromatic carbocycles. The molecule has 0 spiro atoms. The van der Waals surface area contributed by atoms with Crippen molar-refractivity contribution in [1.82, 2.24) is 4.90 Å². The molecule has 0 aliphatic heterocycles. The molecular weight excluding hydrogens is 390 g/mol. The number of carbonyl (C=O) groups is 1. The van der Waals surface area contributed by atoms with Gasteiger partial charge < -0.3 is 19.8 Å². The number of hydrogen-bond acceptors (Lipinski definition) is 6. The van der Waals surface area contributed by atoms with Crippen molar-refractivity contribution in [2.24, 2.45) is 0 Å². The fraction of sp³-hybridized carbons (Fsp3) is 0.263. The summed E-state index contributed by atoms with van der Waals surface area (Å²) in [6, 6.07) is 10.5. The normalized spacial score (nSPS) is 11.1. The van der Waals surface area contributed by atoms with Gasteiger partial charge in [-0.15, -0.1) is 11.3 Å². The summed E-state index contributed by atoms with van der Waals surface area (Å²) >= 11 is 7.62. The minimum Gasteiger partial charge on any atom is -0.482 e. The van der Waals surface area contributed by atoms with Gasteiger partial charge in [-0.1, -0.05) is 23.7 Å². The highest BCUT2D eigenvalue weighted by atomic mass is 35.5. The van der Waals surface area contributed by atoms with Crippen LogP contribution in [0.2, 0.25) is 5.02 Å². The lowest BCUT2D eigenvalue weighted by Gasteiger charge is -2.21. The van der Waals surface area contributed by atoms with E-state index in [9.17, 15) is 9.59 Å². The Morgan fingerprint density at radius 1 is 1.11 bits per heavy atom. The lowest BCUT2D eigenvalue weighted by atomic mass is 10.2. The van der Waals surface area contributed by atoms with E-state index in [1.54, 1.807) is 24.3 Å². The number of fused-ring (bicyclic) bond motifs is 2. The predicted octanol–water partition coefficient (Wildman–Crippen LogP) is 2.26. The van der Waals surface area contributed by atoms with E-state index < -0.39 is 0 Å². The van der Waals surface area contributed by atoms with Crippen molar-refractivity contribution < 1.29 is 19.7 Å². The first-order valence-electron chi connectivity index (χ1n) is 8.33. The SMILES string of the molecule is O=C(COc1ccc(Cl)c2c(=O)c3ccccc3sc12)N(CCO)CCO. The van der Waals surface area contributed by atoms with Gasteiger partial charge in [-0.05, 0) is 24.3 Å². The maximum absolute atomic E-state index is 12.8. The summed E-state index contributed by atoms with van der Waals surface area (Å²) in [7, 11) is 0. The van der Waals surface area contributed by atoms with E-state index in [0.29, 0.717) is 26.2 Å². The number of rotatable bonds is 7. The largest absolute Gasteiger partial charge is 0.482 e. The average Bonchev–Trinajstić information content (AvgIpc) is 2.67. The first-order valence-corrected chi connectivity index (χ1v) is 9.52. The van der Waals surface area contributed by atoms with E-state index >= 15 is 0 Å². The zero-order chi connectivity index (χ0) is 19.4. The number of benzene rings is 2. The molecule has 1 aromatic heterocycles. The van der Waals surface area contributed by atoms with Crippen LogP contribution in [0.5, 0.6) is 5.75 Å². The average molecular weight is 408 g/mol. The van der Waals surface area contributed by atoms with Gasteiger partial charge in [0.2, 0.25) is 0 Å². The Hall–Kier alpha value is -2.19. The van der Waals surface area contributed by atoms with Gasteiger partial charge in [0.15, 0.2) is 12.0 Å². The molecule has 0 saturated carbocycles. The molecule has 0 bridgehead atoms. The predicted molar refractivity (Wildman–Crippen MR) is 107 cm³/mol. The van der Waals surface area contributed by atoms with Crippen LogP contribution in [0.15, 0.2) is 41.2 Å². The Morgan fingerprint density at radius 3 is 2.52 bits per heavy atom. The monoisotopic (exact) mass is 407 g/mol. The maximum atomic E-state index is 12.8. The Labute approximate surface area is 164 Å². The summed E-state index contributed by atoms with van der Waals surface area (Å²) in [5, 5.41) is 19.4. The van der Waals surface area contributed by atoms with Gasteiger partial charge >= 0.3 is 0 Å². The van der Waals surface area contributed by atoms with Crippen LogP contribution >= 0.6 is 22.9 Å². The highest BCUT2D eigenvalue weighted by molar-refractivity contribution is 7.25. The second-order valence-electron chi connectivity index (χ2n) is 5.79. The third kappa shape index (κ3) is 4.06. The van der Waals surface area contributed by atoms with Crippen LogP contribution < -0.4 is 10.2 Å². The lowest BCUT2D eigenvalue weighted by molar-refractivity contribution is -0.134. The van der Waals surface area contributed by atoms with Crippen molar-refractivity contribution in [2.45, 2.75) is 0 Å². The van der Waals surface area contributed by atoms with Crippen LogP contribution in [0.4, 0.5) is 0 Å². The fourth-order valence-electron chi connectivity index (χ4n) is 2.79. The molecule has 3 rings (SSSR count). The van der Waals surface area contributed by atoms with Gasteiger partial charge in [0.25, 0.3) is 5.91 Å². The third-order valence-corrected chi connectivity index (χ3v) is 5.59. The van der Waals surface area contributed by atoms with Crippen molar-refractivity contribution >= 4 is 49.0 Å². The summed E-state index contributed by atoms with van der Waals surface area (Å²) < 4.78 is 7.05. The number of amides is 1. The molecule has 1 amide bonds. The number of nitrogens with zero attached hydrogens (tertiary/aromatic N) is 1. The number of carbonyl (C=O) groups excluding carboxylic acids is 1. The van der Waals surface area contributed by atoms with Crippen molar-refractivity contribution in [2.75, 3.05) is 32.9 Å². The standard InChI is InChI=1S/C19H18ClNO5S/c20-13-5-6-14(26-11-16(24)21(7-9-22)8-10-23)19-17(13)18(25)12-3-1-2-4-15(12)27-19/h1-6,22-23H,7-11H2. The fourth-order valence-corrected chi connectivity index (χ4v) is 4.26. The van der Waals surface area contributed by atoms with Gasteiger partial charge in [0.05, 0.1) is 28.3 Å². The smallest absolute Gasteiger partial charge is 0.260 e. The third-order valence-electron chi connectivity index (χ3n) is 4.09. The molecule has 0 atom stereocenters. The molecule has 142 valence electrons. The molecule has 27 heavy (non-hydrogen) atoms. The lowest BCUT2D eigenvalue weighted by Crippen LogP contribution is -2.38. The van der Waals surface area contributed by atoms with Gasteiger partial charge in [0.1, 0.15) is 5.75 Å². The van der Waals surface area contributed by atoms with Crippen molar-refractivity contribution in [3.8, 4) is 5.75 Å². The number of aliphatic hydroxyl groups excluding tert-OH is 2. The quantitative estimate of drug-likeness (QED) is 0.587. The molecular formula is C19H18ClNO5S. The molecule has 0 saturated heterocycles. The summed E-state index contributed by atoms with van der Waals surface area (Å²) in [5.74, 6) is 0.0258. The van der Waals surface area contributed by atoms with Gasteiger partial charge in [-0.3, -0.25) is 9.59 Å². The van der Waals surface area contributed by atoms with Crippen LogP contribution in [-0.2, 0) is 4.79 Å². The van der Waals surface area contributed by atoms with E-state index in [1.807, 2.05) is 12.1 Å². The molecule has 0 aliphatic rings. The van der Waals surface area contributed by atoms with E-state index in [4.69, 9.17) is 26.6 Å². The topological polar surface area (TPSA) is 87.1 Å². The Morgan fingerprint density at radius 2 is 1.81 bits per heavy atom. The maximum Gasteiger partial charge on any atom is 0.260 e. The number of hydrogen-bond donors (Lipinski definition) is 2. The van der Waals surface area contributed by atoms with Gasteiger partial charge in [-0.2, -0.15) is 0 Å². The number of ether oxygens (including phenoxy) is 1. The minimum absolute atomic E-state index is 0.113. The van der Waals surface area contributed by atoms with E-state index in [-0.39, 0.29) is 44.2 Å². The Bertz CT molecular complexity index is 1030. The number of aliphatic hydroxyl groups is 2. The van der Waals surface area contributed by atoms with Crippen LogP contribution in [0.1, 0.15) is 0 Å². The molecule has 0 fully saturated rings. The first kappa shape index (κ1) is 19.6. The van der Waals surface area contributed by atoms with Crippen molar-refractivity contribution in [3.63, 3.8) is 0 Å². The zero-order valence-corrected chi connectivity index (χ0v) is 15.9. The Balaban J connectivity index is 1.97. The molecule has 8 heteroatoms. The highest BCUT2D eigenvalue weighted by Gasteiger charge is 2.17. The molecule has 0 aliphatic carbocycles. The van der Waals surface area contributed by atoms with Crippen LogP contribution in [0.3, 0.4) is 0 Å². The molecule has 1 heterocycles. The van der Waals surface area contributed by atoms with E-state index in [2.05, 4.69) is 0 Å². The molecule has 3 aromatic rings. The Kier molecular flexibility index (Phi) is 6.28. The summed E-state index contributed by atoms with van der Waals surface area (Å²) in [6.07, 6.45) is 0. The van der Waals surface area contributed by atoms with Crippen LogP contribution in [-0.4, -0.2) is 53.9 Å². The van der Waals surface area contributed by atoms with Gasteiger partial charge in [-0.25, -0.2) is 0 Å². The summed E-state index contributed by atoms with van der Waals surface area (Å²) in [6.45, 7) is -0.457. The first-order chi connectivity index (χ1) is 13.1. The van der Waals surface area contributed by atoms with Crippen LogP contribution in [0.25, 0.3) is 20.2 Å². The summed E-state index contributed by atoms with van der Waals surface area (Å²) in [5.41, 5.74) is -0.177. The summed E-state index contributed by atoms with van der Waals surface area (Å²) in [4.78, 5) is 26.4.